The first-order valence-corrected chi connectivity index (χ1v) is 11.2. The van der Waals surface area contributed by atoms with E-state index < -0.39 is 35.4 Å². The van der Waals surface area contributed by atoms with Gasteiger partial charge in [-0.15, -0.1) is 0 Å². The van der Waals surface area contributed by atoms with Crippen molar-refractivity contribution in [2.24, 2.45) is 5.41 Å². The number of likely N-dealkylation sites (tertiary alicyclic amines) is 1. The minimum Gasteiger partial charge on any atom is -0.483 e. The van der Waals surface area contributed by atoms with Crippen molar-refractivity contribution in [2.45, 2.75) is 25.2 Å². The highest BCUT2D eigenvalue weighted by Crippen LogP contribution is 2.38. The molecule has 3 rings (SSSR count). The van der Waals surface area contributed by atoms with Crippen LogP contribution in [0.5, 0.6) is 5.75 Å². The van der Waals surface area contributed by atoms with Gasteiger partial charge in [-0.1, -0.05) is 28.1 Å². The van der Waals surface area contributed by atoms with Gasteiger partial charge < -0.3 is 14.4 Å². The maximum atomic E-state index is 14.5. The van der Waals surface area contributed by atoms with Gasteiger partial charge in [-0.2, -0.15) is 14.0 Å². The molecule has 0 bridgehead atoms. The zero-order chi connectivity index (χ0) is 24.9. The molecular formula is C24H22BrF3N2O4. The number of halogens is 4. The number of benzene rings is 2. The highest BCUT2D eigenvalue weighted by molar-refractivity contribution is 9.10. The number of amides is 1. The van der Waals surface area contributed by atoms with E-state index in [2.05, 4.69) is 26.7 Å². The van der Waals surface area contributed by atoms with Crippen LogP contribution in [0.4, 0.5) is 13.2 Å². The zero-order valence-electron chi connectivity index (χ0n) is 18.3. The Kier molecular flexibility index (Phi) is 7.87. The van der Waals surface area contributed by atoms with Crippen LogP contribution in [0.1, 0.15) is 24.0 Å². The lowest BCUT2D eigenvalue weighted by Gasteiger charge is -2.37. The Balaban J connectivity index is 1.63. The fourth-order valence-corrected chi connectivity index (χ4v) is 4.21. The molecule has 2 aromatic carbocycles. The summed E-state index contributed by atoms with van der Waals surface area (Å²) in [4.78, 5) is 25.7. The van der Waals surface area contributed by atoms with E-state index in [1.165, 1.54) is 29.2 Å². The summed E-state index contributed by atoms with van der Waals surface area (Å²) >= 11 is 3.09. The molecule has 2 aromatic rings. The number of nitrogens with zero attached hydrogens (tertiary/aromatic N) is 2. The number of alkyl halides is 2. The Morgan fingerprint density at radius 3 is 2.41 bits per heavy atom. The molecule has 10 heteroatoms. The number of methoxy groups -OCH3 is 1. The summed E-state index contributed by atoms with van der Waals surface area (Å²) < 4.78 is 52.0. The number of carbonyl (C=O) groups excluding carboxylic acids is 2. The summed E-state index contributed by atoms with van der Waals surface area (Å²) in [5.41, 5.74) is -0.569. The Bertz CT molecular complexity index is 1090. The van der Waals surface area contributed by atoms with E-state index in [0.717, 1.165) is 18.7 Å². The van der Waals surface area contributed by atoms with Gasteiger partial charge >= 0.3 is 11.9 Å². The summed E-state index contributed by atoms with van der Waals surface area (Å²) in [5.74, 6) is -6.80. The van der Waals surface area contributed by atoms with Gasteiger partial charge in [-0.05, 0) is 55.2 Å². The first kappa shape index (κ1) is 25.6. The minimum atomic E-state index is -3.96. The van der Waals surface area contributed by atoms with E-state index in [-0.39, 0.29) is 11.6 Å². The van der Waals surface area contributed by atoms with Crippen LogP contribution in [-0.4, -0.2) is 43.6 Å². The van der Waals surface area contributed by atoms with Crippen molar-refractivity contribution in [2.75, 3.05) is 26.8 Å². The topological polar surface area (TPSA) is 79.6 Å². The number of hydrogen-bond acceptors (Lipinski definition) is 5. The first-order valence-electron chi connectivity index (χ1n) is 10.4. The van der Waals surface area contributed by atoms with Crippen molar-refractivity contribution < 1.29 is 32.2 Å². The second-order valence-corrected chi connectivity index (χ2v) is 8.99. The van der Waals surface area contributed by atoms with Crippen LogP contribution in [0.3, 0.4) is 0 Å². The average Bonchev–Trinajstić information content (AvgIpc) is 2.84. The molecule has 0 spiro atoms. The molecule has 1 fully saturated rings. The van der Waals surface area contributed by atoms with E-state index in [1.54, 1.807) is 12.1 Å². The van der Waals surface area contributed by atoms with Gasteiger partial charge in [0.15, 0.2) is 6.61 Å². The molecule has 6 nitrogen and oxygen atoms in total. The molecule has 1 saturated heterocycles. The van der Waals surface area contributed by atoms with Gasteiger partial charge in [0.05, 0.1) is 24.2 Å². The Morgan fingerprint density at radius 1 is 1.18 bits per heavy atom. The number of nitriles is 1. The Hall–Kier alpha value is -3.06. The molecule has 0 atom stereocenters. The molecule has 1 aliphatic rings. The highest BCUT2D eigenvalue weighted by Gasteiger charge is 2.45. The van der Waals surface area contributed by atoms with Crippen molar-refractivity contribution in [3.05, 3.63) is 63.9 Å². The van der Waals surface area contributed by atoms with Crippen molar-refractivity contribution in [3.63, 3.8) is 0 Å². The summed E-state index contributed by atoms with van der Waals surface area (Å²) in [7, 11) is 0.853. The average molecular weight is 539 g/mol. The van der Waals surface area contributed by atoms with E-state index in [9.17, 15) is 28.0 Å². The van der Waals surface area contributed by atoms with Gasteiger partial charge in [0.25, 0.3) is 5.91 Å². The fraction of sp³-hybridized carbons (Fsp3) is 0.375. The largest absolute Gasteiger partial charge is 0.483 e. The SMILES string of the molecule is COC(=O)C(F)(F)c1cc(Br)ccc1OCC(=O)N1CCC(C#N)(Cc2ccc(F)cc2)CC1. The van der Waals surface area contributed by atoms with Crippen LogP contribution < -0.4 is 4.74 Å². The molecule has 1 heterocycles. The molecule has 180 valence electrons. The molecule has 0 saturated carbocycles. The smallest absolute Gasteiger partial charge is 0.381 e. The Labute approximate surface area is 203 Å². The maximum absolute atomic E-state index is 14.5. The highest BCUT2D eigenvalue weighted by atomic mass is 79.9. The third-order valence-electron chi connectivity index (χ3n) is 5.84. The molecule has 0 radical (unpaired) electrons. The van der Waals surface area contributed by atoms with Gasteiger partial charge in [0.1, 0.15) is 11.6 Å². The van der Waals surface area contributed by atoms with Gasteiger partial charge in [0, 0.05) is 17.6 Å². The third kappa shape index (κ3) is 5.70. The lowest BCUT2D eigenvalue weighted by atomic mass is 9.75. The Morgan fingerprint density at radius 2 is 1.82 bits per heavy atom. The fourth-order valence-electron chi connectivity index (χ4n) is 3.85. The third-order valence-corrected chi connectivity index (χ3v) is 6.33. The van der Waals surface area contributed by atoms with Gasteiger partial charge in [0.2, 0.25) is 0 Å². The number of hydrogen-bond donors (Lipinski definition) is 0. The molecular weight excluding hydrogens is 517 g/mol. The number of ether oxygens (including phenoxy) is 2. The van der Waals surface area contributed by atoms with Crippen molar-refractivity contribution >= 4 is 27.8 Å². The van der Waals surface area contributed by atoms with Crippen LogP contribution in [0.15, 0.2) is 46.9 Å². The van der Waals surface area contributed by atoms with Crippen LogP contribution >= 0.6 is 15.9 Å². The van der Waals surface area contributed by atoms with Crippen molar-refractivity contribution in [1.82, 2.24) is 4.90 Å². The minimum absolute atomic E-state index is 0.294. The number of carbonyl (C=O) groups is 2. The normalized spacial score (nSPS) is 15.4. The van der Waals surface area contributed by atoms with E-state index >= 15 is 0 Å². The number of esters is 1. The molecule has 0 aliphatic carbocycles. The lowest BCUT2D eigenvalue weighted by molar-refractivity contribution is -0.170. The quantitative estimate of drug-likeness (QED) is 0.481. The van der Waals surface area contributed by atoms with Crippen LogP contribution in [-0.2, 0) is 26.7 Å². The van der Waals surface area contributed by atoms with Gasteiger partial charge in [-0.25, -0.2) is 9.18 Å². The van der Waals surface area contributed by atoms with Crippen LogP contribution in [0, 0.1) is 22.6 Å². The second kappa shape index (κ2) is 10.5. The lowest BCUT2D eigenvalue weighted by Crippen LogP contribution is -2.45. The molecule has 0 aromatic heterocycles. The zero-order valence-corrected chi connectivity index (χ0v) is 19.9. The first-order chi connectivity index (χ1) is 16.1. The summed E-state index contributed by atoms with van der Waals surface area (Å²) in [5, 5.41) is 9.76. The standard InChI is InChI=1S/C24H22BrF3N2O4/c1-33-22(32)24(27,28)19-12-17(25)4-7-20(19)34-14-21(31)30-10-8-23(15-29,9-11-30)13-16-2-5-18(26)6-3-16/h2-7,12H,8-11,13-14H2,1H3. The van der Waals surface area contributed by atoms with Crippen molar-refractivity contribution in [3.8, 4) is 11.8 Å². The van der Waals surface area contributed by atoms with E-state index in [0.29, 0.717) is 36.8 Å². The van der Waals surface area contributed by atoms with E-state index in [4.69, 9.17) is 4.74 Å². The predicted molar refractivity (Wildman–Crippen MR) is 120 cm³/mol. The molecule has 34 heavy (non-hydrogen) atoms. The van der Waals surface area contributed by atoms with Gasteiger partial charge in [-0.3, -0.25) is 4.79 Å². The molecule has 0 N–H and O–H groups in total. The number of rotatable bonds is 7. The molecule has 1 aliphatic heterocycles. The summed E-state index contributed by atoms with van der Waals surface area (Å²) in [6.07, 6.45) is 1.26. The number of piperidine rings is 1. The van der Waals surface area contributed by atoms with Crippen LogP contribution in [0.2, 0.25) is 0 Å². The summed E-state index contributed by atoms with van der Waals surface area (Å²) in [6.45, 7) is 0.0777. The monoisotopic (exact) mass is 538 g/mol. The van der Waals surface area contributed by atoms with E-state index in [1.807, 2.05) is 0 Å². The second-order valence-electron chi connectivity index (χ2n) is 8.07. The maximum Gasteiger partial charge on any atom is 0.381 e. The molecule has 0 unspecified atom stereocenters. The molecule has 1 amide bonds. The predicted octanol–water partition coefficient (Wildman–Crippen LogP) is 4.61. The van der Waals surface area contributed by atoms with Crippen molar-refractivity contribution in [1.29, 1.82) is 5.26 Å². The summed E-state index contributed by atoms with van der Waals surface area (Å²) in [6, 6.07) is 12.0. The van der Waals surface area contributed by atoms with Crippen LogP contribution in [0.25, 0.3) is 0 Å².